The summed E-state index contributed by atoms with van der Waals surface area (Å²) in [7, 11) is 0. The number of thiazole rings is 1. The Balaban J connectivity index is 1.69. The molecular formula is C14H14N2O2S. The van der Waals surface area contributed by atoms with Gasteiger partial charge in [-0.15, -0.1) is 11.3 Å². The second-order valence-electron chi connectivity index (χ2n) is 4.60. The summed E-state index contributed by atoms with van der Waals surface area (Å²) in [4.78, 5) is 16.4. The molecule has 1 aromatic heterocycles. The lowest BCUT2D eigenvalue weighted by Crippen LogP contribution is -2.32. The van der Waals surface area contributed by atoms with E-state index in [4.69, 9.17) is 4.74 Å². The number of amides is 1. The average molecular weight is 274 g/mol. The molecule has 5 heteroatoms. The van der Waals surface area contributed by atoms with Crippen molar-refractivity contribution in [3.8, 4) is 5.75 Å². The third-order valence-electron chi connectivity index (χ3n) is 3.10. The summed E-state index contributed by atoms with van der Waals surface area (Å²) in [5.41, 5.74) is 2.01. The van der Waals surface area contributed by atoms with Crippen molar-refractivity contribution in [1.29, 1.82) is 0 Å². The predicted octanol–water partition coefficient (Wildman–Crippen LogP) is 2.64. The van der Waals surface area contributed by atoms with Crippen LogP contribution in [0.3, 0.4) is 0 Å². The fourth-order valence-electron chi connectivity index (χ4n) is 2.12. The van der Waals surface area contributed by atoms with Crippen molar-refractivity contribution in [2.45, 2.75) is 13.3 Å². The standard InChI is InChI=1S/C14H14N2O2S/c1-9-8-19-14(15-9)16-13(17)11-6-10-4-2-3-5-12(10)18-7-11/h2-5,8,11H,6-7H2,1H3,(H,15,16,17)/t11-/m1/s1. The first-order valence-corrected chi connectivity index (χ1v) is 7.04. The van der Waals surface area contributed by atoms with Gasteiger partial charge in [0.05, 0.1) is 11.6 Å². The Morgan fingerprint density at radius 1 is 1.47 bits per heavy atom. The summed E-state index contributed by atoms with van der Waals surface area (Å²) in [5.74, 6) is 0.708. The molecule has 98 valence electrons. The molecule has 0 spiro atoms. The van der Waals surface area contributed by atoms with Crippen molar-refractivity contribution in [1.82, 2.24) is 4.98 Å². The zero-order valence-electron chi connectivity index (χ0n) is 10.6. The number of aryl methyl sites for hydroxylation is 1. The Hall–Kier alpha value is -1.88. The number of aromatic nitrogens is 1. The third-order valence-corrected chi connectivity index (χ3v) is 3.97. The molecule has 0 radical (unpaired) electrons. The maximum Gasteiger partial charge on any atom is 0.233 e. The van der Waals surface area contributed by atoms with Gasteiger partial charge in [0.25, 0.3) is 0 Å². The first kappa shape index (κ1) is 12.2. The second kappa shape index (κ2) is 5.01. The van der Waals surface area contributed by atoms with Crippen LogP contribution in [0.15, 0.2) is 29.6 Å². The molecule has 0 aliphatic carbocycles. The van der Waals surface area contributed by atoms with Crippen LogP contribution in [-0.2, 0) is 11.2 Å². The summed E-state index contributed by atoms with van der Waals surface area (Å²) in [6.45, 7) is 2.33. The smallest absolute Gasteiger partial charge is 0.233 e. The largest absolute Gasteiger partial charge is 0.492 e. The van der Waals surface area contributed by atoms with Crippen LogP contribution in [0.4, 0.5) is 5.13 Å². The molecule has 0 bridgehead atoms. The first-order chi connectivity index (χ1) is 9.22. The van der Waals surface area contributed by atoms with Crippen LogP contribution < -0.4 is 10.1 Å². The molecule has 2 aromatic rings. The number of benzene rings is 1. The number of para-hydroxylation sites is 1. The van der Waals surface area contributed by atoms with Gasteiger partial charge < -0.3 is 10.1 Å². The number of nitrogens with zero attached hydrogens (tertiary/aromatic N) is 1. The van der Waals surface area contributed by atoms with E-state index in [2.05, 4.69) is 10.3 Å². The second-order valence-corrected chi connectivity index (χ2v) is 5.46. The average Bonchev–Trinajstić information content (AvgIpc) is 2.83. The molecule has 0 saturated carbocycles. The van der Waals surface area contributed by atoms with Crippen LogP contribution in [0.25, 0.3) is 0 Å². The van der Waals surface area contributed by atoms with Gasteiger partial charge in [0.1, 0.15) is 12.4 Å². The zero-order valence-corrected chi connectivity index (χ0v) is 11.4. The molecule has 1 aliphatic rings. The molecule has 0 unspecified atom stereocenters. The van der Waals surface area contributed by atoms with E-state index in [1.54, 1.807) is 0 Å². The van der Waals surface area contributed by atoms with Gasteiger partial charge in [-0.1, -0.05) is 18.2 Å². The van der Waals surface area contributed by atoms with Gasteiger partial charge in [-0.3, -0.25) is 4.79 Å². The Bertz CT molecular complexity index is 609. The van der Waals surface area contributed by atoms with Gasteiger partial charge in [-0.2, -0.15) is 0 Å². The number of fused-ring (bicyclic) bond motifs is 1. The van der Waals surface area contributed by atoms with E-state index < -0.39 is 0 Å². The van der Waals surface area contributed by atoms with E-state index in [0.717, 1.165) is 17.0 Å². The lowest BCUT2D eigenvalue weighted by atomic mass is 9.96. The molecule has 19 heavy (non-hydrogen) atoms. The highest BCUT2D eigenvalue weighted by Crippen LogP contribution is 2.27. The summed E-state index contributed by atoms with van der Waals surface area (Å²) in [6, 6.07) is 7.85. The van der Waals surface area contributed by atoms with Gasteiger partial charge >= 0.3 is 0 Å². The normalized spacial score (nSPS) is 17.4. The molecule has 2 heterocycles. The van der Waals surface area contributed by atoms with Gasteiger partial charge in [-0.25, -0.2) is 4.98 Å². The minimum absolute atomic E-state index is 0.0242. The van der Waals surface area contributed by atoms with E-state index in [1.807, 2.05) is 36.6 Å². The Morgan fingerprint density at radius 2 is 2.32 bits per heavy atom. The number of anilines is 1. The topological polar surface area (TPSA) is 51.2 Å². The molecule has 1 N–H and O–H groups in total. The molecule has 0 fully saturated rings. The number of carbonyl (C=O) groups is 1. The Morgan fingerprint density at radius 3 is 3.11 bits per heavy atom. The van der Waals surface area contributed by atoms with Gasteiger partial charge in [0, 0.05) is 5.38 Å². The van der Waals surface area contributed by atoms with E-state index in [1.165, 1.54) is 11.3 Å². The maximum atomic E-state index is 12.2. The van der Waals surface area contributed by atoms with Crippen LogP contribution in [0, 0.1) is 12.8 Å². The molecule has 1 aromatic carbocycles. The lowest BCUT2D eigenvalue weighted by Gasteiger charge is -2.24. The van der Waals surface area contributed by atoms with Crippen LogP contribution in [-0.4, -0.2) is 17.5 Å². The van der Waals surface area contributed by atoms with Crippen LogP contribution >= 0.6 is 11.3 Å². The fraction of sp³-hybridized carbons (Fsp3) is 0.286. The number of hydrogen-bond acceptors (Lipinski definition) is 4. The monoisotopic (exact) mass is 274 g/mol. The zero-order chi connectivity index (χ0) is 13.2. The predicted molar refractivity (Wildman–Crippen MR) is 74.6 cm³/mol. The fourth-order valence-corrected chi connectivity index (χ4v) is 2.81. The number of ether oxygens (including phenoxy) is 1. The summed E-state index contributed by atoms with van der Waals surface area (Å²) < 4.78 is 5.62. The van der Waals surface area contributed by atoms with Crippen molar-refractivity contribution < 1.29 is 9.53 Å². The quantitative estimate of drug-likeness (QED) is 0.916. The van der Waals surface area contributed by atoms with E-state index in [9.17, 15) is 4.79 Å². The van der Waals surface area contributed by atoms with E-state index >= 15 is 0 Å². The van der Waals surface area contributed by atoms with Gasteiger partial charge in [0.2, 0.25) is 5.91 Å². The summed E-state index contributed by atoms with van der Waals surface area (Å²) in [5, 5.41) is 5.42. The van der Waals surface area contributed by atoms with Crippen molar-refractivity contribution in [2.24, 2.45) is 5.92 Å². The lowest BCUT2D eigenvalue weighted by molar-refractivity contribution is -0.121. The maximum absolute atomic E-state index is 12.2. The van der Waals surface area contributed by atoms with Crippen molar-refractivity contribution in [3.63, 3.8) is 0 Å². The molecule has 1 atom stereocenters. The van der Waals surface area contributed by atoms with Crippen LogP contribution in [0.2, 0.25) is 0 Å². The van der Waals surface area contributed by atoms with Crippen molar-refractivity contribution in [2.75, 3.05) is 11.9 Å². The SMILES string of the molecule is Cc1csc(NC(=O)[C@H]2COc3ccccc3C2)n1. The van der Waals surface area contributed by atoms with Crippen LogP contribution in [0.5, 0.6) is 5.75 Å². The summed E-state index contributed by atoms with van der Waals surface area (Å²) in [6.07, 6.45) is 0.715. The van der Waals surface area contributed by atoms with E-state index in [-0.39, 0.29) is 11.8 Å². The molecule has 1 aliphatic heterocycles. The van der Waals surface area contributed by atoms with E-state index in [0.29, 0.717) is 18.2 Å². The van der Waals surface area contributed by atoms with Crippen molar-refractivity contribution in [3.05, 3.63) is 40.9 Å². The molecule has 1 amide bonds. The minimum Gasteiger partial charge on any atom is -0.492 e. The number of rotatable bonds is 2. The number of nitrogens with one attached hydrogen (secondary N) is 1. The Labute approximate surface area is 115 Å². The van der Waals surface area contributed by atoms with Crippen molar-refractivity contribution >= 4 is 22.4 Å². The number of carbonyl (C=O) groups excluding carboxylic acids is 1. The van der Waals surface area contributed by atoms with Crippen LogP contribution in [0.1, 0.15) is 11.3 Å². The van der Waals surface area contributed by atoms with Gasteiger partial charge in [0.15, 0.2) is 5.13 Å². The summed E-state index contributed by atoms with van der Waals surface area (Å²) >= 11 is 1.44. The minimum atomic E-state index is -0.154. The highest BCUT2D eigenvalue weighted by molar-refractivity contribution is 7.13. The molecule has 0 saturated heterocycles. The highest BCUT2D eigenvalue weighted by Gasteiger charge is 2.26. The number of hydrogen-bond donors (Lipinski definition) is 1. The highest BCUT2D eigenvalue weighted by atomic mass is 32.1. The molecule has 4 nitrogen and oxygen atoms in total. The first-order valence-electron chi connectivity index (χ1n) is 6.16. The molecule has 3 rings (SSSR count). The third kappa shape index (κ3) is 2.61. The Kier molecular flexibility index (Phi) is 3.21. The van der Waals surface area contributed by atoms with Gasteiger partial charge in [-0.05, 0) is 25.0 Å². The molecular weight excluding hydrogens is 260 g/mol.